The van der Waals surface area contributed by atoms with Gasteiger partial charge in [0.1, 0.15) is 0 Å². The summed E-state index contributed by atoms with van der Waals surface area (Å²) in [6.45, 7) is 6.80. The second-order valence-corrected chi connectivity index (χ2v) is 4.75. The maximum absolute atomic E-state index is 8.79. The van der Waals surface area contributed by atoms with Crippen LogP contribution in [0.5, 0.6) is 0 Å². The Balaban J connectivity index is 2.97. The fourth-order valence-corrected chi connectivity index (χ4v) is 2.46. The van der Waals surface area contributed by atoms with E-state index in [4.69, 9.17) is 5.26 Å². The number of benzene rings is 1. The van der Waals surface area contributed by atoms with Crippen LogP contribution in [0.1, 0.15) is 57.6 Å². The Bertz CT molecular complexity index is 350. The molecule has 0 unspecified atom stereocenters. The second-order valence-electron chi connectivity index (χ2n) is 4.75. The minimum Gasteiger partial charge on any atom is -0.192 e. The van der Waals surface area contributed by atoms with E-state index in [1.165, 1.54) is 31.2 Å². The monoisotopic (exact) mass is 215 g/mol. The van der Waals surface area contributed by atoms with Gasteiger partial charge >= 0.3 is 0 Å². The fourth-order valence-electron chi connectivity index (χ4n) is 2.46. The lowest BCUT2D eigenvalue weighted by atomic mass is 9.75. The standard InChI is InChI=1S/C15H21N/c1-4-10-15(3,11-5-2)14-8-6-13(12-16)7-9-14/h6-9H,4-5,10-11H2,1-3H3. The highest BCUT2D eigenvalue weighted by atomic mass is 14.3. The summed E-state index contributed by atoms with van der Waals surface area (Å²) >= 11 is 0. The van der Waals surface area contributed by atoms with Crippen LogP contribution in [-0.4, -0.2) is 0 Å². The number of nitrogens with zero attached hydrogens (tertiary/aromatic N) is 1. The van der Waals surface area contributed by atoms with E-state index in [-0.39, 0.29) is 5.41 Å². The highest BCUT2D eigenvalue weighted by molar-refractivity contribution is 5.34. The van der Waals surface area contributed by atoms with Gasteiger partial charge in [0.05, 0.1) is 11.6 Å². The molecule has 16 heavy (non-hydrogen) atoms. The fraction of sp³-hybridized carbons (Fsp3) is 0.533. The normalized spacial score (nSPS) is 11.1. The van der Waals surface area contributed by atoms with Crippen molar-refractivity contribution in [3.8, 4) is 6.07 Å². The Hall–Kier alpha value is -1.29. The molecular weight excluding hydrogens is 194 g/mol. The Morgan fingerprint density at radius 3 is 1.94 bits per heavy atom. The topological polar surface area (TPSA) is 23.8 Å². The predicted molar refractivity (Wildman–Crippen MR) is 68.3 cm³/mol. The van der Waals surface area contributed by atoms with Gasteiger partial charge < -0.3 is 0 Å². The molecule has 0 saturated carbocycles. The van der Waals surface area contributed by atoms with E-state index in [1.54, 1.807) is 0 Å². The van der Waals surface area contributed by atoms with Gasteiger partial charge in [-0.3, -0.25) is 0 Å². The molecule has 0 amide bonds. The van der Waals surface area contributed by atoms with Gasteiger partial charge in [-0.2, -0.15) is 5.26 Å². The van der Waals surface area contributed by atoms with E-state index in [1.807, 2.05) is 12.1 Å². The molecule has 0 radical (unpaired) electrons. The molecule has 0 aliphatic carbocycles. The van der Waals surface area contributed by atoms with Crippen LogP contribution in [0, 0.1) is 11.3 Å². The van der Waals surface area contributed by atoms with Gasteiger partial charge in [0.2, 0.25) is 0 Å². The summed E-state index contributed by atoms with van der Waals surface area (Å²) in [6.07, 6.45) is 4.84. The quantitative estimate of drug-likeness (QED) is 0.713. The van der Waals surface area contributed by atoms with E-state index in [0.717, 1.165) is 5.56 Å². The van der Waals surface area contributed by atoms with Gasteiger partial charge in [-0.15, -0.1) is 0 Å². The first-order chi connectivity index (χ1) is 7.66. The summed E-state index contributed by atoms with van der Waals surface area (Å²) in [6, 6.07) is 10.3. The van der Waals surface area contributed by atoms with E-state index < -0.39 is 0 Å². The average Bonchev–Trinajstić information content (AvgIpc) is 2.30. The van der Waals surface area contributed by atoms with Crippen molar-refractivity contribution in [3.05, 3.63) is 35.4 Å². The van der Waals surface area contributed by atoms with Gasteiger partial charge in [-0.25, -0.2) is 0 Å². The summed E-state index contributed by atoms with van der Waals surface area (Å²) < 4.78 is 0. The lowest BCUT2D eigenvalue weighted by Crippen LogP contribution is -2.21. The van der Waals surface area contributed by atoms with Crippen LogP contribution in [-0.2, 0) is 5.41 Å². The van der Waals surface area contributed by atoms with Crippen LogP contribution in [0.4, 0.5) is 0 Å². The smallest absolute Gasteiger partial charge is 0.0991 e. The molecule has 0 heterocycles. The lowest BCUT2D eigenvalue weighted by Gasteiger charge is -2.29. The molecule has 0 saturated heterocycles. The molecule has 0 spiro atoms. The highest BCUT2D eigenvalue weighted by Gasteiger charge is 2.24. The van der Waals surface area contributed by atoms with Crippen molar-refractivity contribution in [2.24, 2.45) is 0 Å². The van der Waals surface area contributed by atoms with E-state index >= 15 is 0 Å². The molecule has 1 aromatic carbocycles. The molecule has 0 aliphatic heterocycles. The first-order valence-corrected chi connectivity index (χ1v) is 6.17. The molecule has 0 aromatic heterocycles. The van der Waals surface area contributed by atoms with Gasteiger partial charge in [0, 0.05) is 0 Å². The number of nitriles is 1. The maximum Gasteiger partial charge on any atom is 0.0991 e. The van der Waals surface area contributed by atoms with Crippen LogP contribution < -0.4 is 0 Å². The molecule has 0 aliphatic rings. The number of rotatable bonds is 5. The molecule has 1 rings (SSSR count). The summed E-state index contributed by atoms with van der Waals surface area (Å²) in [5.41, 5.74) is 2.40. The minimum atomic E-state index is 0.275. The first kappa shape index (κ1) is 12.8. The Morgan fingerprint density at radius 1 is 1.06 bits per heavy atom. The van der Waals surface area contributed by atoms with E-state index in [2.05, 4.69) is 39.0 Å². The Kier molecular flexibility index (Phi) is 4.55. The van der Waals surface area contributed by atoms with Crippen molar-refractivity contribution >= 4 is 0 Å². The summed E-state index contributed by atoms with van der Waals surface area (Å²) in [5.74, 6) is 0. The van der Waals surface area contributed by atoms with Gasteiger partial charge in [-0.05, 0) is 36.0 Å². The van der Waals surface area contributed by atoms with Crippen LogP contribution in [0.2, 0.25) is 0 Å². The third-order valence-electron chi connectivity index (χ3n) is 3.31. The molecule has 1 nitrogen and oxygen atoms in total. The Morgan fingerprint density at radius 2 is 1.56 bits per heavy atom. The van der Waals surface area contributed by atoms with Gasteiger partial charge in [-0.1, -0.05) is 45.7 Å². The maximum atomic E-state index is 8.79. The zero-order valence-corrected chi connectivity index (χ0v) is 10.6. The van der Waals surface area contributed by atoms with Crippen LogP contribution in [0.25, 0.3) is 0 Å². The molecule has 0 bridgehead atoms. The van der Waals surface area contributed by atoms with Crippen molar-refractivity contribution in [3.63, 3.8) is 0 Å². The third-order valence-corrected chi connectivity index (χ3v) is 3.31. The van der Waals surface area contributed by atoms with E-state index in [9.17, 15) is 0 Å². The molecular formula is C15H21N. The Labute approximate surface area is 99.1 Å². The van der Waals surface area contributed by atoms with Crippen LogP contribution >= 0.6 is 0 Å². The molecule has 1 heteroatoms. The van der Waals surface area contributed by atoms with Gasteiger partial charge in [0.25, 0.3) is 0 Å². The zero-order valence-electron chi connectivity index (χ0n) is 10.6. The number of hydrogen-bond donors (Lipinski definition) is 0. The molecule has 0 atom stereocenters. The van der Waals surface area contributed by atoms with Crippen molar-refractivity contribution in [1.29, 1.82) is 5.26 Å². The van der Waals surface area contributed by atoms with Crippen molar-refractivity contribution in [2.45, 2.75) is 51.9 Å². The second kappa shape index (κ2) is 5.70. The zero-order chi connectivity index (χ0) is 12.0. The van der Waals surface area contributed by atoms with Crippen molar-refractivity contribution < 1.29 is 0 Å². The lowest BCUT2D eigenvalue weighted by molar-refractivity contribution is 0.392. The van der Waals surface area contributed by atoms with Crippen molar-refractivity contribution in [1.82, 2.24) is 0 Å². The highest BCUT2D eigenvalue weighted by Crippen LogP contribution is 2.33. The van der Waals surface area contributed by atoms with Crippen LogP contribution in [0.15, 0.2) is 24.3 Å². The van der Waals surface area contributed by atoms with Gasteiger partial charge in [0.15, 0.2) is 0 Å². The molecule has 1 aromatic rings. The van der Waals surface area contributed by atoms with Crippen LogP contribution in [0.3, 0.4) is 0 Å². The average molecular weight is 215 g/mol. The largest absolute Gasteiger partial charge is 0.192 e. The molecule has 0 N–H and O–H groups in total. The van der Waals surface area contributed by atoms with Crippen molar-refractivity contribution in [2.75, 3.05) is 0 Å². The summed E-state index contributed by atoms with van der Waals surface area (Å²) in [5, 5.41) is 8.79. The predicted octanol–water partition coefficient (Wildman–Crippen LogP) is 4.42. The molecule has 0 fully saturated rings. The third kappa shape index (κ3) is 2.85. The first-order valence-electron chi connectivity index (χ1n) is 6.17. The van der Waals surface area contributed by atoms with E-state index in [0.29, 0.717) is 0 Å². The molecule has 86 valence electrons. The summed E-state index contributed by atoms with van der Waals surface area (Å²) in [4.78, 5) is 0. The number of hydrogen-bond acceptors (Lipinski definition) is 1. The SMILES string of the molecule is CCCC(C)(CCC)c1ccc(C#N)cc1. The summed E-state index contributed by atoms with van der Waals surface area (Å²) in [7, 11) is 0. The minimum absolute atomic E-state index is 0.275.